The van der Waals surface area contributed by atoms with Gasteiger partial charge in [-0.05, 0) is 25.3 Å². The minimum atomic E-state index is 0.657. The highest BCUT2D eigenvalue weighted by molar-refractivity contribution is 5.33. The predicted molar refractivity (Wildman–Crippen MR) is 43.3 cm³/mol. The second kappa shape index (κ2) is 2.86. The lowest BCUT2D eigenvalue weighted by molar-refractivity contribution is 0.444. The van der Waals surface area contributed by atoms with Gasteiger partial charge < -0.3 is 5.32 Å². The van der Waals surface area contributed by atoms with E-state index in [4.69, 9.17) is 0 Å². The van der Waals surface area contributed by atoms with Crippen LogP contribution in [0.25, 0.3) is 0 Å². The Bertz CT molecular complexity index is 218. The summed E-state index contributed by atoms with van der Waals surface area (Å²) < 4.78 is 0. The molecule has 0 radical (unpaired) electrons. The summed E-state index contributed by atoms with van der Waals surface area (Å²) in [5, 5.41) is 3.33. The van der Waals surface area contributed by atoms with Crippen molar-refractivity contribution in [1.82, 2.24) is 9.97 Å². The minimum absolute atomic E-state index is 0.657. The summed E-state index contributed by atoms with van der Waals surface area (Å²) in [7, 11) is 0. The summed E-state index contributed by atoms with van der Waals surface area (Å²) in [6, 6.07) is 2.56. The van der Waals surface area contributed by atoms with Gasteiger partial charge in [-0.3, -0.25) is 0 Å². The van der Waals surface area contributed by atoms with E-state index in [9.17, 15) is 0 Å². The lowest BCUT2D eigenvalue weighted by Crippen LogP contribution is -2.27. The molecule has 0 aliphatic heterocycles. The van der Waals surface area contributed by atoms with E-state index in [1.165, 1.54) is 19.3 Å². The second-order valence-electron chi connectivity index (χ2n) is 2.87. The van der Waals surface area contributed by atoms with Gasteiger partial charge in [-0.2, -0.15) is 0 Å². The maximum Gasteiger partial charge on any atom is 0.129 e. The average Bonchev–Trinajstić information content (AvgIpc) is 1.99. The van der Waals surface area contributed by atoms with Crippen LogP contribution in [0.15, 0.2) is 18.6 Å². The molecule has 0 saturated heterocycles. The van der Waals surface area contributed by atoms with Gasteiger partial charge >= 0.3 is 0 Å². The summed E-state index contributed by atoms with van der Waals surface area (Å²) in [6.45, 7) is 0. The second-order valence-corrected chi connectivity index (χ2v) is 2.87. The van der Waals surface area contributed by atoms with E-state index < -0.39 is 0 Å². The van der Waals surface area contributed by atoms with Gasteiger partial charge in [0.05, 0.1) is 0 Å². The van der Waals surface area contributed by atoms with E-state index in [0.29, 0.717) is 6.04 Å². The molecule has 1 aliphatic carbocycles. The van der Waals surface area contributed by atoms with Crippen molar-refractivity contribution < 1.29 is 0 Å². The highest BCUT2D eigenvalue weighted by Gasteiger charge is 2.16. The Morgan fingerprint density at radius 2 is 2.36 bits per heavy atom. The fourth-order valence-electron chi connectivity index (χ4n) is 1.14. The van der Waals surface area contributed by atoms with Crippen molar-refractivity contribution >= 4 is 5.82 Å². The number of hydrogen-bond donors (Lipinski definition) is 1. The standard InChI is InChI=1S/C8H11N3/c1-2-7(3-1)11-8-4-5-9-6-10-8/h4-7H,1-3H2,(H,9,10,11). The van der Waals surface area contributed by atoms with Crippen LogP contribution in [0.2, 0.25) is 0 Å². The molecule has 1 aromatic heterocycles. The third-order valence-corrected chi connectivity index (χ3v) is 2.04. The fourth-order valence-corrected chi connectivity index (χ4v) is 1.14. The zero-order chi connectivity index (χ0) is 7.52. The van der Waals surface area contributed by atoms with Crippen molar-refractivity contribution in [1.29, 1.82) is 0 Å². The van der Waals surface area contributed by atoms with E-state index >= 15 is 0 Å². The zero-order valence-electron chi connectivity index (χ0n) is 6.33. The molecular weight excluding hydrogens is 138 g/mol. The molecule has 1 N–H and O–H groups in total. The van der Waals surface area contributed by atoms with Crippen molar-refractivity contribution in [3.8, 4) is 0 Å². The molecule has 3 nitrogen and oxygen atoms in total. The van der Waals surface area contributed by atoms with Gasteiger partial charge in [0.15, 0.2) is 0 Å². The van der Waals surface area contributed by atoms with Crippen LogP contribution >= 0.6 is 0 Å². The van der Waals surface area contributed by atoms with Gasteiger partial charge in [-0.25, -0.2) is 9.97 Å². The normalized spacial score (nSPS) is 17.5. The van der Waals surface area contributed by atoms with Gasteiger partial charge in [0.25, 0.3) is 0 Å². The monoisotopic (exact) mass is 149 g/mol. The highest BCUT2D eigenvalue weighted by atomic mass is 15.0. The van der Waals surface area contributed by atoms with Crippen LogP contribution in [0.1, 0.15) is 19.3 Å². The molecule has 2 rings (SSSR count). The molecule has 0 aromatic carbocycles. The number of rotatable bonds is 2. The molecule has 1 heterocycles. The van der Waals surface area contributed by atoms with Crippen LogP contribution in [-0.4, -0.2) is 16.0 Å². The van der Waals surface area contributed by atoms with Gasteiger partial charge in [0.1, 0.15) is 12.1 Å². The van der Waals surface area contributed by atoms with Gasteiger partial charge in [-0.15, -0.1) is 0 Å². The number of anilines is 1. The van der Waals surface area contributed by atoms with Crippen molar-refractivity contribution in [2.24, 2.45) is 0 Å². The Labute approximate surface area is 65.9 Å². The maximum atomic E-state index is 4.08. The van der Waals surface area contributed by atoms with Gasteiger partial charge in [0, 0.05) is 12.2 Å². The van der Waals surface area contributed by atoms with E-state index in [-0.39, 0.29) is 0 Å². The molecule has 0 amide bonds. The van der Waals surface area contributed by atoms with Gasteiger partial charge in [-0.1, -0.05) is 0 Å². The highest BCUT2D eigenvalue weighted by Crippen LogP contribution is 2.21. The summed E-state index contributed by atoms with van der Waals surface area (Å²) in [6.07, 6.45) is 7.24. The van der Waals surface area contributed by atoms with Crippen molar-refractivity contribution in [3.63, 3.8) is 0 Å². The van der Waals surface area contributed by atoms with Crippen LogP contribution < -0.4 is 5.32 Å². The summed E-state index contributed by atoms with van der Waals surface area (Å²) in [5.74, 6) is 0.949. The predicted octanol–water partition coefficient (Wildman–Crippen LogP) is 1.44. The molecule has 0 unspecified atom stereocenters. The zero-order valence-corrected chi connectivity index (χ0v) is 6.33. The topological polar surface area (TPSA) is 37.8 Å². The van der Waals surface area contributed by atoms with Crippen molar-refractivity contribution in [3.05, 3.63) is 18.6 Å². The molecule has 1 saturated carbocycles. The van der Waals surface area contributed by atoms with Gasteiger partial charge in [0.2, 0.25) is 0 Å². The number of nitrogens with zero attached hydrogens (tertiary/aromatic N) is 2. The molecule has 1 aromatic rings. The molecule has 0 atom stereocenters. The third-order valence-electron chi connectivity index (χ3n) is 2.04. The summed E-state index contributed by atoms with van der Waals surface area (Å²) >= 11 is 0. The first kappa shape index (κ1) is 6.58. The average molecular weight is 149 g/mol. The number of hydrogen-bond acceptors (Lipinski definition) is 3. The lowest BCUT2D eigenvalue weighted by Gasteiger charge is -2.26. The molecule has 3 heteroatoms. The fraction of sp³-hybridized carbons (Fsp3) is 0.500. The van der Waals surface area contributed by atoms with E-state index in [1.807, 2.05) is 6.07 Å². The lowest BCUT2D eigenvalue weighted by atomic mass is 9.93. The number of nitrogens with one attached hydrogen (secondary N) is 1. The van der Waals surface area contributed by atoms with Crippen LogP contribution in [0.4, 0.5) is 5.82 Å². The van der Waals surface area contributed by atoms with Crippen LogP contribution in [-0.2, 0) is 0 Å². The Morgan fingerprint density at radius 3 is 2.91 bits per heavy atom. The SMILES string of the molecule is c1cc(NC2CCC2)ncn1. The molecular formula is C8H11N3. The van der Waals surface area contributed by atoms with E-state index in [1.54, 1.807) is 12.5 Å². The Kier molecular flexibility index (Phi) is 1.71. The first-order valence-corrected chi connectivity index (χ1v) is 3.98. The molecule has 0 bridgehead atoms. The molecule has 11 heavy (non-hydrogen) atoms. The molecule has 0 spiro atoms. The minimum Gasteiger partial charge on any atom is -0.367 e. The quantitative estimate of drug-likeness (QED) is 0.691. The smallest absolute Gasteiger partial charge is 0.129 e. The van der Waals surface area contributed by atoms with E-state index in [2.05, 4.69) is 15.3 Å². The summed E-state index contributed by atoms with van der Waals surface area (Å²) in [4.78, 5) is 7.92. The van der Waals surface area contributed by atoms with Crippen LogP contribution in [0, 0.1) is 0 Å². The van der Waals surface area contributed by atoms with Crippen LogP contribution in [0.5, 0.6) is 0 Å². The van der Waals surface area contributed by atoms with E-state index in [0.717, 1.165) is 5.82 Å². The van der Waals surface area contributed by atoms with Crippen molar-refractivity contribution in [2.75, 3.05) is 5.32 Å². The first-order valence-electron chi connectivity index (χ1n) is 3.98. The third kappa shape index (κ3) is 1.48. The Hall–Kier alpha value is -1.12. The Balaban J connectivity index is 1.95. The number of aromatic nitrogens is 2. The first-order chi connectivity index (χ1) is 5.45. The molecule has 1 aliphatic rings. The van der Waals surface area contributed by atoms with Crippen molar-refractivity contribution in [2.45, 2.75) is 25.3 Å². The summed E-state index contributed by atoms with van der Waals surface area (Å²) in [5.41, 5.74) is 0. The molecule has 58 valence electrons. The Morgan fingerprint density at radius 1 is 1.45 bits per heavy atom. The molecule has 1 fully saturated rings. The van der Waals surface area contributed by atoms with Crippen LogP contribution in [0.3, 0.4) is 0 Å². The largest absolute Gasteiger partial charge is 0.367 e. The maximum absolute atomic E-state index is 4.08.